The summed E-state index contributed by atoms with van der Waals surface area (Å²) in [7, 11) is 0. The van der Waals surface area contributed by atoms with Gasteiger partial charge in [0.2, 0.25) is 0 Å². The molecule has 1 aromatic heterocycles. The molecular weight excluding hydrogens is 242 g/mol. The van der Waals surface area contributed by atoms with Gasteiger partial charge in [-0.05, 0) is 18.6 Å². The second kappa shape index (κ2) is 4.10. The number of rotatable bonds is 3. The molecule has 1 aliphatic rings. The summed E-state index contributed by atoms with van der Waals surface area (Å²) in [6, 6.07) is 8.03. The number of aromatic nitrogens is 1. The van der Waals surface area contributed by atoms with E-state index in [0.29, 0.717) is 13.2 Å². The van der Waals surface area contributed by atoms with Gasteiger partial charge in [-0.3, -0.25) is 4.79 Å². The van der Waals surface area contributed by atoms with Gasteiger partial charge in [-0.25, -0.2) is 0 Å². The lowest BCUT2D eigenvalue weighted by Gasteiger charge is -2.45. The molecule has 2 heterocycles. The summed E-state index contributed by atoms with van der Waals surface area (Å²) < 4.78 is 5.36. The Labute approximate surface area is 111 Å². The lowest BCUT2D eigenvalue weighted by atomic mass is 9.68. The van der Waals surface area contributed by atoms with Gasteiger partial charge in [0.1, 0.15) is 0 Å². The molecule has 0 bridgehead atoms. The SMILES string of the molecule is Cc1[nH]c2ccccc2c1C1(C(C)C(=O)O)COC1. The number of benzene rings is 1. The van der Waals surface area contributed by atoms with Crippen molar-refractivity contribution in [3.63, 3.8) is 0 Å². The molecule has 1 aliphatic heterocycles. The highest BCUT2D eigenvalue weighted by molar-refractivity contribution is 5.87. The maximum atomic E-state index is 11.4. The van der Waals surface area contributed by atoms with Crippen LogP contribution in [0.4, 0.5) is 0 Å². The lowest BCUT2D eigenvalue weighted by Crippen LogP contribution is -2.54. The molecule has 3 rings (SSSR count). The number of para-hydroxylation sites is 1. The topological polar surface area (TPSA) is 62.3 Å². The Morgan fingerprint density at radius 1 is 1.42 bits per heavy atom. The van der Waals surface area contributed by atoms with Crippen molar-refractivity contribution in [2.24, 2.45) is 5.92 Å². The molecule has 1 fully saturated rings. The van der Waals surface area contributed by atoms with Crippen LogP contribution in [0.1, 0.15) is 18.2 Å². The number of fused-ring (bicyclic) bond motifs is 1. The minimum Gasteiger partial charge on any atom is -0.481 e. The Hall–Kier alpha value is -1.81. The van der Waals surface area contributed by atoms with Crippen LogP contribution in [0, 0.1) is 12.8 Å². The van der Waals surface area contributed by atoms with E-state index in [0.717, 1.165) is 22.2 Å². The van der Waals surface area contributed by atoms with Crippen molar-refractivity contribution >= 4 is 16.9 Å². The minimum absolute atomic E-state index is 0.407. The highest BCUT2D eigenvalue weighted by Gasteiger charge is 2.50. The van der Waals surface area contributed by atoms with Gasteiger partial charge in [-0.2, -0.15) is 0 Å². The van der Waals surface area contributed by atoms with Crippen LogP contribution in [0.25, 0.3) is 10.9 Å². The van der Waals surface area contributed by atoms with E-state index in [-0.39, 0.29) is 0 Å². The van der Waals surface area contributed by atoms with Gasteiger partial charge in [0.15, 0.2) is 0 Å². The largest absolute Gasteiger partial charge is 0.481 e. The van der Waals surface area contributed by atoms with Gasteiger partial charge in [0.05, 0.1) is 24.5 Å². The molecular formula is C15H17NO3. The normalized spacial score (nSPS) is 19.1. The summed E-state index contributed by atoms with van der Waals surface area (Å²) >= 11 is 0. The van der Waals surface area contributed by atoms with Crippen molar-refractivity contribution in [1.29, 1.82) is 0 Å². The van der Waals surface area contributed by atoms with E-state index in [4.69, 9.17) is 4.74 Å². The monoisotopic (exact) mass is 259 g/mol. The molecule has 1 unspecified atom stereocenters. The zero-order valence-electron chi connectivity index (χ0n) is 11.1. The predicted octanol–water partition coefficient (Wildman–Crippen LogP) is 2.47. The molecule has 0 radical (unpaired) electrons. The standard InChI is InChI=1S/C15H17NO3/c1-9(14(17)18)15(7-19-8-15)13-10(2)16-12-6-4-3-5-11(12)13/h3-6,9,16H,7-8H2,1-2H3,(H,17,18). The van der Waals surface area contributed by atoms with Gasteiger partial charge in [-0.1, -0.05) is 25.1 Å². The first-order chi connectivity index (χ1) is 9.06. The predicted molar refractivity (Wildman–Crippen MR) is 72.3 cm³/mol. The summed E-state index contributed by atoms with van der Waals surface area (Å²) in [6.45, 7) is 4.72. The van der Waals surface area contributed by atoms with Crippen molar-refractivity contribution < 1.29 is 14.6 Å². The van der Waals surface area contributed by atoms with Crippen molar-refractivity contribution in [3.8, 4) is 0 Å². The van der Waals surface area contributed by atoms with Crippen LogP contribution >= 0.6 is 0 Å². The maximum absolute atomic E-state index is 11.4. The van der Waals surface area contributed by atoms with Crippen molar-refractivity contribution in [2.45, 2.75) is 19.3 Å². The Bertz CT molecular complexity index is 640. The molecule has 0 saturated carbocycles. The van der Waals surface area contributed by atoms with E-state index < -0.39 is 17.3 Å². The number of carboxylic acids is 1. The fraction of sp³-hybridized carbons (Fsp3) is 0.400. The second-order valence-corrected chi connectivity index (χ2v) is 5.38. The summed E-state index contributed by atoms with van der Waals surface area (Å²) in [5.41, 5.74) is 2.79. The third-order valence-electron chi connectivity index (χ3n) is 4.31. The molecule has 1 aromatic carbocycles. The zero-order chi connectivity index (χ0) is 13.6. The van der Waals surface area contributed by atoms with Crippen LogP contribution in [0.2, 0.25) is 0 Å². The number of hydrogen-bond acceptors (Lipinski definition) is 2. The fourth-order valence-electron chi connectivity index (χ4n) is 3.09. The second-order valence-electron chi connectivity index (χ2n) is 5.38. The number of carbonyl (C=O) groups is 1. The zero-order valence-corrected chi connectivity index (χ0v) is 11.1. The molecule has 0 aliphatic carbocycles. The quantitative estimate of drug-likeness (QED) is 0.890. The number of carboxylic acid groups (broad SMARTS) is 1. The molecule has 100 valence electrons. The van der Waals surface area contributed by atoms with E-state index in [2.05, 4.69) is 4.98 Å². The molecule has 1 saturated heterocycles. The summed E-state index contributed by atoms with van der Waals surface area (Å²) in [4.78, 5) is 14.8. The third-order valence-corrected chi connectivity index (χ3v) is 4.31. The summed E-state index contributed by atoms with van der Waals surface area (Å²) in [5.74, 6) is -1.23. The highest BCUT2D eigenvalue weighted by atomic mass is 16.5. The molecule has 0 spiro atoms. The highest BCUT2D eigenvalue weighted by Crippen LogP contribution is 2.44. The van der Waals surface area contributed by atoms with E-state index in [9.17, 15) is 9.90 Å². The third kappa shape index (κ3) is 1.60. The number of hydrogen-bond donors (Lipinski definition) is 2. The number of aliphatic carboxylic acids is 1. The van der Waals surface area contributed by atoms with Crippen LogP contribution in [-0.4, -0.2) is 29.3 Å². The molecule has 2 aromatic rings. The first-order valence-corrected chi connectivity index (χ1v) is 6.44. The molecule has 4 nitrogen and oxygen atoms in total. The maximum Gasteiger partial charge on any atom is 0.307 e. The van der Waals surface area contributed by atoms with Crippen LogP contribution in [0.5, 0.6) is 0 Å². The van der Waals surface area contributed by atoms with Gasteiger partial charge >= 0.3 is 5.97 Å². The first-order valence-electron chi connectivity index (χ1n) is 6.44. The first kappa shape index (κ1) is 12.2. The van der Waals surface area contributed by atoms with Gasteiger partial charge in [0.25, 0.3) is 0 Å². The van der Waals surface area contributed by atoms with E-state index >= 15 is 0 Å². The number of nitrogens with one attached hydrogen (secondary N) is 1. The molecule has 2 N–H and O–H groups in total. The number of ether oxygens (including phenoxy) is 1. The number of H-pyrrole nitrogens is 1. The Balaban J connectivity index is 2.22. The summed E-state index contributed by atoms with van der Waals surface area (Å²) in [6.07, 6.45) is 0. The average molecular weight is 259 g/mol. The molecule has 4 heteroatoms. The van der Waals surface area contributed by atoms with E-state index in [1.807, 2.05) is 31.2 Å². The number of aryl methyl sites for hydroxylation is 1. The molecule has 0 amide bonds. The Kier molecular flexibility index (Phi) is 2.64. The van der Waals surface area contributed by atoms with E-state index in [1.54, 1.807) is 6.92 Å². The lowest BCUT2D eigenvalue weighted by molar-refractivity contribution is -0.155. The van der Waals surface area contributed by atoms with Crippen molar-refractivity contribution in [2.75, 3.05) is 13.2 Å². The van der Waals surface area contributed by atoms with Gasteiger partial charge in [-0.15, -0.1) is 0 Å². The molecule has 1 atom stereocenters. The summed E-state index contributed by atoms with van der Waals surface area (Å²) in [5, 5.41) is 10.5. The van der Waals surface area contributed by atoms with Crippen LogP contribution in [0.15, 0.2) is 24.3 Å². The van der Waals surface area contributed by atoms with Crippen LogP contribution < -0.4 is 0 Å². The average Bonchev–Trinajstić information content (AvgIpc) is 2.65. The Morgan fingerprint density at radius 3 is 2.68 bits per heavy atom. The minimum atomic E-state index is -0.770. The van der Waals surface area contributed by atoms with Crippen molar-refractivity contribution in [3.05, 3.63) is 35.5 Å². The van der Waals surface area contributed by atoms with Gasteiger partial charge in [0, 0.05) is 16.6 Å². The van der Waals surface area contributed by atoms with Gasteiger partial charge < -0.3 is 14.8 Å². The number of aromatic amines is 1. The van der Waals surface area contributed by atoms with Crippen molar-refractivity contribution in [1.82, 2.24) is 4.98 Å². The Morgan fingerprint density at radius 2 is 2.11 bits per heavy atom. The van der Waals surface area contributed by atoms with E-state index in [1.165, 1.54) is 0 Å². The van der Waals surface area contributed by atoms with Crippen LogP contribution in [0.3, 0.4) is 0 Å². The molecule has 19 heavy (non-hydrogen) atoms. The van der Waals surface area contributed by atoms with Crippen LogP contribution in [-0.2, 0) is 14.9 Å². The fourth-order valence-corrected chi connectivity index (χ4v) is 3.09. The smallest absolute Gasteiger partial charge is 0.307 e.